The van der Waals surface area contributed by atoms with Gasteiger partial charge in [0.1, 0.15) is 0 Å². The second-order valence-electron chi connectivity index (χ2n) is 7.73. The lowest BCUT2D eigenvalue weighted by molar-refractivity contribution is 0.0414. The van der Waals surface area contributed by atoms with Crippen LogP contribution in [0.5, 0.6) is 0 Å². The minimum absolute atomic E-state index is 0.0193. The Labute approximate surface area is 149 Å². The van der Waals surface area contributed by atoms with E-state index in [9.17, 15) is 8.42 Å². The van der Waals surface area contributed by atoms with Crippen LogP contribution in [0.25, 0.3) is 0 Å². The van der Waals surface area contributed by atoms with E-state index in [2.05, 4.69) is 5.32 Å². The highest BCUT2D eigenvalue weighted by atomic mass is 32.2. The maximum absolute atomic E-state index is 13.2. The Balaban J connectivity index is 1.83. The molecule has 1 saturated carbocycles. The zero-order valence-corrected chi connectivity index (χ0v) is 16.4. The quantitative estimate of drug-likeness (QED) is 0.799. The summed E-state index contributed by atoms with van der Waals surface area (Å²) in [7, 11) is -1.81. The topological polar surface area (TPSA) is 58.6 Å². The average Bonchev–Trinajstić information content (AvgIpc) is 2.97. The number of piperidine rings is 1. The van der Waals surface area contributed by atoms with Crippen LogP contribution < -0.4 is 5.32 Å². The average molecular weight is 373 g/mol. The molecule has 0 aromatic carbocycles. The molecule has 1 aliphatic heterocycles. The Morgan fingerprint density at radius 3 is 2.71 bits per heavy atom. The molecule has 1 spiro atoms. The van der Waals surface area contributed by atoms with Crippen molar-refractivity contribution in [1.82, 2.24) is 9.62 Å². The summed E-state index contributed by atoms with van der Waals surface area (Å²) in [5.74, 6) is 0.0193. The van der Waals surface area contributed by atoms with Crippen molar-refractivity contribution < 1.29 is 13.2 Å². The van der Waals surface area contributed by atoms with E-state index in [1.54, 1.807) is 22.8 Å². The molecule has 1 aromatic heterocycles. The fraction of sp³-hybridized carbons (Fsp3) is 0.765. The molecule has 3 rings (SSSR count). The first kappa shape index (κ1) is 18.3. The molecule has 1 N–H and O–H groups in total. The van der Waals surface area contributed by atoms with Crippen LogP contribution in [-0.4, -0.2) is 50.3 Å². The molecule has 2 heterocycles. The van der Waals surface area contributed by atoms with E-state index in [0.29, 0.717) is 6.54 Å². The molecule has 1 unspecified atom stereocenters. The van der Waals surface area contributed by atoms with Gasteiger partial charge in [0.25, 0.3) is 0 Å². The molecule has 2 aliphatic rings. The van der Waals surface area contributed by atoms with Gasteiger partial charge in [0.15, 0.2) is 0 Å². The summed E-state index contributed by atoms with van der Waals surface area (Å²) in [4.78, 5) is 0. The first-order valence-electron chi connectivity index (χ1n) is 8.55. The number of nitrogens with one attached hydrogen (secondary N) is 1. The zero-order chi connectivity index (χ0) is 17.4. The lowest BCUT2D eigenvalue weighted by Gasteiger charge is -2.31. The fourth-order valence-corrected chi connectivity index (χ4v) is 6.60. The Morgan fingerprint density at radius 2 is 2.12 bits per heavy atom. The van der Waals surface area contributed by atoms with Gasteiger partial charge < -0.3 is 10.1 Å². The van der Waals surface area contributed by atoms with Gasteiger partial charge in [-0.05, 0) is 74.0 Å². The molecule has 1 aliphatic carbocycles. The van der Waals surface area contributed by atoms with Gasteiger partial charge in [0.2, 0.25) is 10.0 Å². The number of rotatable bonds is 7. The molecule has 1 atom stereocenters. The van der Waals surface area contributed by atoms with Gasteiger partial charge in [0, 0.05) is 19.7 Å². The Kier molecular flexibility index (Phi) is 5.10. The maximum Gasteiger partial charge on any atom is 0.217 e. The van der Waals surface area contributed by atoms with E-state index in [0.717, 1.165) is 37.9 Å². The third-order valence-corrected chi connectivity index (χ3v) is 8.34. The summed E-state index contributed by atoms with van der Waals surface area (Å²) in [6, 6.07) is 2.16. The number of sulfonamides is 1. The van der Waals surface area contributed by atoms with E-state index in [-0.39, 0.29) is 17.2 Å². The summed E-state index contributed by atoms with van der Waals surface area (Å²) in [5.41, 5.74) is 0.586. The van der Waals surface area contributed by atoms with Crippen molar-refractivity contribution in [2.75, 3.05) is 26.0 Å². The van der Waals surface area contributed by atoms with Crippen LogP contribution in [0.1, 0.15) is 38.7 Å². The second kappa shape index (κ2) is 6.68. The second-order valence-corrected chi connectivity index (χ2v) is 10.4. The first-order chi connectivity index (χ1) is 11.3. The van der Waals surface area contributed by atoms with E-state index < -0.39 is 15.6 Å². The molecule has 2 fully saturated rings. The van der Waals surface area contributed by atoms with E-state index >= 15 is 0 Å². The number of hydrogen-bond donors (Lipinski definition) is 1. The minimum Gasteiger partial charge on any atom is -0.378 e. The number of ether oxygens (including phenoxy) is 1. The van der Waals surface area contributed by atoms with Gasteiger partial charge in [-0.1, -0.05) is 0 Å². The highest BCUT2D eigenvalue weighted by molar-refractivity contribution is 7.89. The van der Waals surface area contributed by atoms with Crippen molar-refractivity contribution in [2.24, 2.45) is 5.41 Å². The Morgan fingerprint density at radius 1 is 1.42 bits per heavy atom. The predicted molar refractivity (Wildman–Crippen MR) is 97.7 cm³/mol. The smallest absolute Gasteiger partial charge is 0.217 e. The molecule has 0 amide bonds. The van der Waals surface area contributed by atoms with Gasteiger partial charge >= 0.3 is 0 Å². The van der Waals surface area contributed by atoms with E-state index in [1.165, 1.54) is 0 Å². The monoisotopic (exact) mass is 372 g/mol. The van der Waals surface area contributed by atoms with Crippen LogP contribution in [0.2, 0.25) is 0 Å². The van der Waals surface area contributed by atoms with Crippen molar-refractivity contribution >= 4 is 21.4 Å². The van der Waals surface area contributed by atoms with Crippen molar-refractivity contribution in [1.29, 1.82) is 0 Å². The van der Waals surface area contributed by atoms with E-state index in [1.807, 2.05) is 30.7 Å². The van der Waals surface area contributed by atoms with Crippen molar-refractivity contribution in [2.45, 2.75) is 51.3 Å². The standard InChI is InChI=1S/C17H28N2O3S2/c1-16(2,22-3)13-24(20,21)19(11-14-4-9-23-12-14)15-10-17(15)5-7-18-8-6-17/h4,9,12,15,18H,5-8,10-11,13H2,1-3H3. The molecular weight excluding hydrogens is 344 g/mol. The first-order valence-corrected chi connectivity index (χ1v) is 11.1. The van der Waals surface area contributed by atoms with Crippen molar-refractivity contribution in [3.8, 4) is 0 Å². The van der Waals surface area contributed by atoms with Crippen LogP contribution in [0.15, 0.2) is 16.8 Å². The maximum atomic E-state index is 13.2. The summed E-state index contributed by atoms with van der Waals surface area (Å²) < 4.78 is 33.5. The largest absolute Gasteiger partial charge is 0.378 e. The Hall–Kier alpha value is -0.470. The molecular formula is C17H28N2O3S2. The SMILES string of the molecule is COC(C)(C)CS(=O)(=O)N(Cc1ccsc1)C1CC12CCNCC2. The van der Waals surface area contributed by atoms with Crippen molar-refractivity contribution in [3.05, 3.63) is 22.4 Å². The molecule has 24 heavy (non-hydrogen) atoms. The molecule has 7 heteroatoms. The third-order valence-electron chi connectivity index (χ3n) is 5.45. The lowest BCUT2D eigenvalue weighted by atomic mass is 9.94. The van der Waals surface area contributed by atoms with Crippen LogP contribution in [0.4, 0.5) is 0 Å². The molecule has 1 saturated heterocycles. The molecule has 136 valence electrons. The van der Waals surface area contributed by atoms with Crippen LogP contribution in [0, 0.1) is 5.41 Å². The summed E-state index contributed by atoms with van der Waals surface area (Å²) >= 11 is 1.61. The highest BCUT2D eigenvalue weighted by Crippen LogP contribution is 2.56. The van der Waals surface area contributed by atoms with Gasteiger partial charge in [-0.25, -0.2) is 8.42 Å². The fourth-order valence-electron chi connectivity index (χ4n) is 3.74. The lowest BCUT2D eigenvalue weighted by Crippen LogP contribution is -2.44. The Bertz CT molecular complexity index is 649. The summed E-state index contributed by atoms with van der Waals surface area (Å²) in [5, 5.41) is 7.43. The molecule has 1 aromatic rings. The number of methoxy groups -OCH3 is 1. The van der Waals surface area contributed by atoms with Gasteiger partial charge in [-0.15, -0.1) is 0 Å². The number of hydrogen-bond acceptors (Lipinski definition) is 5. The van der Waals surface area contributed by atoms with Crippen LogP contribution >= 0.6 is 11.3 Å². The number of nitrogens with zero attached hydrogens (tertiary/aromatic N) is 1. The zero-order valence-electron chi connectivity index (χ0n) is 14.7. The normalized spacial score (nSPS) is 23.8. The molecule has 5 nitrogen and oxygen atoms in total. The number of thiophene rings is 1. The molecule has 0 radical (unpaired) electrons. The predicted octanol–water partition coefficient (Wildman–Crippen LogP) is 2.45. The van der Waals surface area contributed by atoms with Gasteiger partial charge in [-0.3, -0.25) is 0 Å². The highest BCUT2D eigenvalue weighted by Gasteiger charge is 2.59. The third kappa shape index (κ3) is 3.85. The minimum atomic E-state index is -3.39. The van der Waals surface area contributed by atoms with Gasteiger partial charge in [0.05, 0.1) is 11.4 Å². The van der Waals surface area contributed by atoms with Crippen LogP contribution in [0.3, 0.4) is 0 Å². The van der Waals surface area contributed by atoms with Crippen LogP contribution in [-0.2, 0) is 21.3 Å². The van der Waals surface area contributed by atoms with E-state index in [4.69, 9.17) is 4.74 Å². The summed E-state index contributed by atoms with van der Waals surface area (Å²) in [6.45, 7) is 6.13. The molecule has 0 bridgehead atoms. The summed E-state index contributed by atoms with van der Waals surface area (Å²) in [6.07, 6.45) is 3.13. The van der Waals surface area contributed by atoms with Crippen molar-refractivity contribution in [3.63, 3.8) is 0 Å². The van der Waals surface area contributed by atoms with Gasteiger partial charge in [-0.2, -0.15) is 15.6 Å².